The zero-order valence-electron chi connectivity index (χ0n) is 14.5. The van der Waals surface area contributed by atoms with Crippen molar-refractivity contribution in [2.24, 2.45) is 7.05 Å². The Kier molecular flexibility index (Phi) is 5.57. The highest BCUT2D eigenvalue weighted by molar-refractivity contribution is 5.94. The van der Waals surface area contributed by atoms with Crippen molar-refractivity contribution in [1.82, 2.24) is 20.0 Å². The van der Waals surface area contributed by atoms with Crippen LogP contribution in [-0.2, 0) is 13.5 Å². The van der Waals surface area contributed by atoms with Crippen molar-refractivity contribution in [3.05, 3.63) is 47.2 Å². The second kappa shape index (κ2) is 7.63. The fourth-order valence-corrected chi connectivity index (χ4v) is 2.32. The molecule has 7 heteroatoms. The number of aromatic nitrogens is 2. The Bertz CT molecular complexity index is 736. The van der Waals surface area contributed by atoms with E-state index >= 15 is 0 Å². The van der Waals surface area contributed by atoms with E-state index in [9.17, 15) is 9.59 Å². The summed E-state index contributed by atoms with van der Waals surface area (Å²) in [7, 11) is 5.25. The van der Waals surface area contributed by atoms with Crippen LogP contribution in [0.3, 0.4) is 0 Å². The minimum Gasteiger partial charge on any atom is -0.345 e. The van der Waals surface area contributed by atoms with Gasteiger partial charge in [0.1, 0.15) is 0 Å². The lowest BCUT2D eigenvalue weighted by Gasteiger charge is -2.11. The van der Waals surface area contributed by atoms with E-state index in [4.69, 9.17) is 0 Å². The van der Waals surface area contributed by atoms with E-state index in [0.717, 1.165) is 11.1 Å². The molecule has 0 aliphatic heterocycles. The summed E-state index contributed by atoms with van der Waals surface area (Å²) >= 11 is 0. The number of hydrogen-bond acceptors (Lipinski definition) is 3. The zero-order chi connectivity index (χ0) is 17.7. The topological polar surface area (TPSA) is 79.3 Å². The third-order valence-corrected chi connectivity index (χ3v) is 3.52. The van der Waals surface area contributed by atoms with E-state index < -0.39 is 0 Å². The fraction of sp³-hybridized carbons (Fsp3) is 0.353. The first-order chi connectivity index (χ1) is 11.4. The third-order valence-electron chi connectivity index (χ3n) is 3.52. The first-order valence-electron chi connectivity index (χ1n) is 7.72. The number of nitrogens with zero attached hydrogens (tertiary/aromatic N) is 3. The number of carbonyl (C=O) groups excluding carboxylic acids is 2. The Morgan fingerprint density at radius 3 is 2.67 bits per heavy atom. The first-order valence-corrected chi connectivity index (χ1v) is 7.72. The molecule has 0 fully saturated rings. The number of aryl methyl sites for hydroxylation is 2. The molecule has 1 aromatic heterocycles. The van der Waals surface area contributed by atoms with Crippen molar-refractivity contribution in [2.75, 3.05) is 26.0 Å². The van der Waals surface area contributed by atoms with E-state index in [1.807, 2.05) is 31.3 Å². The molecule has 1 heterocycles. The maximum atomic E-state index is 12.0. The Morgan fingerprint density at radius 2 is 2.04 bits per heavy atom. The largest absolute Gasteiger partial charge is 0.345 e. The van der Waals surface area contributed by atoms with Gasteiger partial charge in [0.05, 0.1) is 0 Å². The minimum atomic E-state index is -0.294. The van der Waals surface area contributed by atoms with Gasteiger partial charge >= 0.3 is 6.03 Å². The standard InChI is InChI=1S/C17H23N5O2/c1-12-11-22(4)20-15(12)19-17(24)18-9-8-13-6-5-7-14(10-13)16(23)21(2)3/h5-7,10-11H,8-9H2,1-4H3,(H2,18,19,20,24). The molecule has 2 aromatic rings. The van der Waals surface area contributed by atoms with Gasteiger partial charge in [-0.2, -0.15) is 5.10 Å². The summed E-state index contributed by atoms with van der Waals surface area (Å²) in [6.45, 7) is 2.35. The fourth-order valence-electron chi connectivity index (χ4n) is 2.32. The molecule has 0 radical (unpaired) electrons. The average Bonchev–Trinajstić information content (AvgIpc) is 2.84. The van der Waals surface area contributed by atoms with Gasteiger partial charge in [0, 0.05) is 45.0 Å². The number of nitrogens with one attached hydrogen (secondary N) is 2. The van der Waals surface area contributed by atoms with Gasteiger partial charge in [0.2, 0.25) is 0 Å². The Hall–Kier alpha value is -2.83. The average molecular weight is 329 g/mol. The van der Waals surface area contributed by atoms with Crippen LogP contribution < -0.4 is 10.6 Å². The molecule has 2 rings (SSSR count). The molecular weight excluding hydrogens is 306 g/mol. The van der Waals surface area contributed by atoms with E-state index in [1.165, 1.54) is 0 Å². The number of benzene rings is 1. The molecule has 2 N–H and O–H groups in total. The van der Waals surface area contributed by atoms with Crippen LogP contribution >= 0.6 is 0 Å². The van der Waals surface area contributed by atoms with Crippen LogP contribution in [0.4, 0.5) is 10.6 Å². The van der Waals surface area contributed by atoms with Crippen molar-refractivity contribution >= 4 is 17.8 Å². The van der Waals surface area contributed by atoms with Crippen LogP contribution in [0, 0.1) is 6.92 Å². The van der Waals surface area contributed by atoms with Crippen molar-refractivity contribution < 1.29 is 9.59 Å². The molecule has 7 nitrogen and oxygen atoms in total. The second-order valence-electron chi connectivity index (χ2n) is 5.87. The number of anilines is 1. The molecule has 0 saturated heterocycles. The van der Waals surface area contributed by atoms with E-state index in [0.29, 0.717) is 24.3 Å². The normalized spacial score (nSPS) is 10.3. The van der Waals surface area contributed by atoms with Crippen molar-refractivity contribution in [3.8, 4) is 0 Å². The molecular formula is C17H23N5O2. The zero-order valence-corrected chi connectivity index (χ0v) is 14.5. The van der Waals surface area contributed by atoms with Crippen LogP contribution in [0.25, 0.3) is 0 Å². The van der Waals surface area contributed by atoms with Gasteiger partial charge in [0.25, 0.3) is 5.91 Å². The molecule has 0 bridgehead atoms. The molecule has 3 amide bonds. The third kappa shape index (κ3) is 4.58. The molecule has 1 aromatic carbocycles. The van der Waals surface area contributed by atoms with Gasteiger partial charge < -0.3 is 10.2 Å². The summed E-state index contributed by atoms with van der Waals surface area (Å²) in [5, 5.41) is 9.68. The van der Waals surface area contributed by atoms with Crippen LogP contribution in [0.5, 0.6) is 0 Å². The maximum Gasteiger partial charge on any atom is 0.320 e. The van der Waals surface area contributed by atoms with Crippen LogP contribution in [0.1, 0.15) is 21.5 Å². The Labute approximate surface area is 141 Å². The first kappa shape index (κ1) is 17.5. The molecule has 0 atom stereocenters. The van der Waals surface area contributed by atoms with E-state index in [-0.39, 0.29) is 11.9 Å². The molecule has 0 unspecified atom stereocenters. The number of rotatable bonds is 5. The van der Waals surface area contributed by atoms with Gasteiger partial charge in [0.15, 0.2) is 5.82 Å². The lowest BCUT2D eigenvalue weighted by molar-refractivity contribution is 0.0827. The minimum absolute atomic E-state index is 0.0341. The van der Waals surface area contributed by atoms with Gasteiger partial charge in [-0.25, -0.2) is 4.79 Å². The molecule has 0 aliphatic rings. The summed E-state index contributed by atoms with van der Waals surface area (Å²) in [5.74, 6) is 0.516. The molecule has 128 valence electrons. The highest BCUT2D eigenvalue weighted by Crippen LogP contribution is 2.10. The van der Waals surface area contributed by atoms with Crippen LogP contribution in [0.2, 0.25) is 0 Å². The predicted molar refractivity (Wildman–Crippen MR) is 93.1 cm³/mol. The van der Waals surface area contributed by atoms with E-state index in [2.05, 4.69) is 15.7 Å². The molecule has 24 heavy (non-hydrogen) atoms. The van der Waals surface area contributed by atoms with Crippen molar-refractivity contribution in [2.45, 2.75) is 13.3 Å². The highest BCUT2D eigenvalue weighted by Gasteiger charge is 2.09. The second-order valence-corrected chi connectivity index (χ2v) is 5.87. The Morgan fingerprint density at radius 1 is 1.29 bits per heavy atom. The van der Waals surface area contributed by atoms with Gasteiger partial charge in [-0.15, -0.1) is 0 Å². The van der Waals surface area contributed by atoms with Crippen LogP contribution in [-0.4, -0.2) is 47.3 Å². The summed E-state index contributed by atoms with van der Waals surface area (Å²) in [6.07, 6.45) is 2.48. The quantitative estimate of drug-likeness (QED) is 0.878. The number of hydrogen-bond donors (Lipinski definition) is 2. The molecule has 0 saturated carbocycles. The van der Waals surface area contributed by atoms with Gasteiger partial charge in [-0.1, -0.05) is 12.1 Å². The number of carbonyl (C=O) groups is 2. The van der Waals surface area contributed by atoms with Crippen LogP contribution in [0.15, 0.2) is 30.5 Å². The maximum absolute atomic E-state index is 12.0. The molecule has 0 spiro atoms. The summed E-state index contributed by atoms with van der Waals surface area (Å²) in [5.41, 5.74) is 2.55. The number of amides is 3. The summed E-state index contributed by atoms with van der Waals surface area (Å²) in [6, 6.07) is 7.14. The lowest BCUT2D eigenvalue weighted by atomic mass is 10.1. The predicted octanol–water partition coefficient (Wildman–Crippen LogP) is 1.79. The SMILES string of the molecule is Cc1cn(C)nc1NC(=O)NCCc1cccc(C(=O)N(C)C)c1. The van der Waals surface area contributed by atoms with Crippen molar-refractivity contribution in [3.63, 3.8) is 0 Å². The summed E-state index contributed by atoms with van der Waals surface area (Å²) < 4.78 is 1.65. The van der Waals surface area contributed by atoms with E-state index in [1.54, 1.807) is 36.8 Å². The van der Waals surface area contributed by atoms with Crippen molar-refractivity contribution in [1.29, 1.82) is 0 Å². The lowest BCUT2D eigenvalue weighted by Crippen LogP contribution is -2.31. The Balaban J connectivity index is 1.85. The summed E-state index contributed by atoms with van der Waals surface area (Å²) in [4.78, 5) is 25.4. The van der Waals surface area contributed by atoms with Gasteiger partial charge in [-0.05, 0) is 31.0 Å². The smallest absolute Gasteiger partial charge is 0.320 e. The monoisotopic (exact) mass is 329 g/mol. The highest BCUT2D eigenvalue weighted by atomic mass is 16.2. The number of urea groups is 1. The van der Waals surface area contributed by atoms with Gasteiger partial charge in [-0.3, -0.25) is 14.8 Å². The molecule has 0 aliphatic carbocycles.